The average Bonchev–Trinajstić information content (AvgIpc) is 2.91. The first-order valence-electron chi connectivity index (χ1n) is 7.81. The summed E-state index contributed by atoms with van der Waals surface area (Å²) in [4.78, 5) is 11.9. The van der Waals surface area contributed by atoms with Crippen molar-refractivity contribution < 1.29 is 22.3 Å². The number of thiazole rings is 1. The van der Waals surface area contributed by atoms with Crippen molar-refractivity contribution >= 4 is 49.1 Å². The van der Waals surface area contributed by atoms with E-state index in [1.54, 1.807) is 6.92 Å². The molecule has 10 heteroatoms. The Bertz CT molecular complexity index is 1170. The van der Waals surface area contributed by atoms with E-state index in [-0.39, 0.29) is 22.8 Å². The minimum atomic E-state index is -4.05. The number of esters is 1. The van der Waals surface area contributed by atoms with Crippen LogP contribution >= 0.6 is 22.9 Å². The molecule has 0 saturated carbocycles. The third kappa shape index (κ3) is 4.37. The van der Waals surface area contributed by atoms with Gasteiger partial charge in [-0.1, -0.05) is 22.9 Å². The first-order valence-corrected chi connectivity index (χ1v) is 10.4. The molecule has 6 nitrogen and oxygen atoms in total. The minimum absolute atomic E-state index is 0.0404. The normalized spacial score (nSPS) is 12.5. The average molecular weight is 429 g/mol. The van der Waals surface area contributed by atoms with Crippen LogP contribution in [0.25, 0.3) is 10.2 Å². The number of rotatable bonds is 5. The van der Waals surface area contributed by atoms with Crippen molar-refractivity contribution in [2.45, 2.75) is 18.4 Å². The predicted molar refractivity (Wildman–Crippen MR) is 101 cm³/mol. The van der Waals surface area contributed by atoms with Crippen LogP contribution in [-0.2, 0) is 26.1 Å². The van der Waals surface area contributed by atoms with Crippen LogP contribution in [0.1, 0.15) is 6.92 Å². The lowest BCUT2D eigenvalue weighted by Gasteiger charge is -2.05. The summed E-state index contributed by atoms with van der Waals surface area (Å²) in [5.41, 5.74) is 0.486. The van der Waals surface area contributed by atoms with Crippen LogP contribution in [0.15, 0.2) is 51.8 Å². The fourth-order valence-electron chi connectivity index (χ4n) is 2.37. The fourth-order valence-corrected chi connectivity index (χ4v) is 4.75. The highest BCUT2D eigenvalue weighted by Crippen LogP contribution is 2.20. The summed E-state index contributed by atoms with van der Waals surface area (Å²) >= 11 is 6.75. The molecule has 0 saturated heterocycles. The number of carbonyl (C=O) groups is 1. The zero-order chi connectivity index (χ0) is 19.6. The van der Waals surface area contributed by atoms with E-state index in [1.165, 1.54) is 47.0 Å². The van der Waals surface area contributed by atoms with E-state index in [1.807, 2.05) is 0 Å². The third-order valence-electron chi connectivity index (χ3n) is 3.55. The Labute approximate surface area is 163 Å². The summed E-state index contributed by atoms with van der Waals surface area (Å²) in [5, 5.41) is 0.392. The summed E-state index contributed by atoms with van der Waals surface area (Å²) in [6.45, 7) is 1.61. The third-order valence-corrected chi connectivity index (χ3v) is 6.24. The quantitative estimate of drug-likeness (QED) is 0.584. The highest BCUT2D eigenvalue weighted by molar-refractivity contribution is 7.90. The summed E-state index contributed by atoms with van der Waals surface area (Å²) in [5.74, 6) is -1.02. The van der Waals surface area contributed by atoms with E-state index < -0.39 is 21.8 Å². The number of carbonyl (C=O) groups excluding carboxylic acids is 1. The summed E-state index contributed by atoms with van der Waals surface area (Å²) in [6, 6.07) is 9.51. The van der Waals surface area contributed by atoms with Gasteiger partial charge >= 0.3 is 5.97 Å². The Morgan fingerprint density at radius 3 is 2.63 bits per heavy atom. The molecule has 3 rings (SSSR count). The highest BCUT2D eigenvalue weighted by Gasteiger charge is 2.17. The second kappa shape index (κ2) is 7.79. The van der Waals surface area contributed by atoms with Crippen molar-refractivity contribution in [1.82, 2.24) is 4.57 Å². The molecule has 0 bridgehead atoms. The zero-order valence-corrected chi connectivity index (χ0v) is 16.4. The summed E-state index contributed by atoms with van der Waals surface area (Å²) in [6.07, 6.45) is 0. The van der Waals surface area contributed by atoms with E-state index in [4.69, 9.17) is 16.3 Å². The number of ether oxygens (including phenoxy) is 1. The number of sulfonamides is 1. The second-order valence-corrected chi connectivity index (χ2v) is 8.46. The molecule has 142 valence electrons. The van der Waals surface area contributed by atoms with Gasteiger partial charge < -0.3 is 9.30 Å². The molecule has 1 heterocycles. The number of nitrogens with zero attached hydrogens (tertiary/aromatic N) is 2. The number of hydrogen-bond donors (Lipinski definition) is 0. The molecule has 0 aliphatic heterocycles. The van der Waals surface area contributed by atoms with Gasteiger partial charge in [0.05, 0.1) is 21.7 Å². The van der Waals surface area contributed by atoms with Gasteiger partial charge in [0, 0.05) is 5.02 Å². The molecule has 0 amide bonds. The Balaban J connectivity index is 2.18. The molecule has 2 aromatic carbocycles. The molecule has 0 unspecified atom stereocenters. The summed E-state index contributed by atoms with van der Waals surface area (Å²) < 4.78 is 49.4. The van der Waals surface area contributed by atoms with E-state index in [2.05, 4.69) is 4.40 Å². The molecular formula is C17H14ClFN2O4S2. The van der Waals surface area contributed by atoms with E-state index in [9.17, 15) is 17.6 Å². The standard InChI is InChI=1S/C17H14ClFN2O4S2/c1-2-25-16(22)10-21-14-8-5-12(19)9-15(14)26-17(21)20-27(23,24)13-6-3-11(18)4-7-13/h3-9H,2,10H2,1H3/b20-17-. The maximum absolute atomic E-state index is 13.5. The van der Waals surface area contributed by atoms with E-state index in [0.29, 0.717) is 15.2 Å². The number of hydrogen-bond acceptors (Lipinski definition) is 5. The van der Waals surface area contributed by atoms with Crippen molar-refractivity contribution in [3.05, 3.63) is 58.1 Å². The fraction of sp³-hybridized carbons (Fsp3) is 0.176. The van der Waals surface area contributed by atoms with Crippen LogP contribution < -0.4 is 4.80 Å². The van der Waals surface area contributed by atoms with Crippen LogP contribution in [-0.4, -0.2) is 25.6 Å². The topological polar surface area (TPSA) is 77.7 Å². The Hall–Kier alpha value is -2.23. The van der Waals surface area contributed by atoms with Crippen LogP contribution in [0, 0.1) is 5.82 Å². The molecule has 3 aromatic rings. The van der Waals surface area contributed by atoms with Crippen LogP contribution in [0.3, 0.4) is 0 Å². The lowest BCUT2D eigenvalue weighted by molar-refractivity contribution is -0.143. The maximum atomic E-state index is 13.5. The number of benzene rings is 2. The molecule has 0 aliphatic rings. The van der Waals surface area contributed by atoms with Crippen LogP contribution in [0.5, 0.6) is 0 Å². The van der Waals surface area contributed by atoms with Gasteiger partial charge in [-0.05, 0) is 49.4 Å². The molecule has 0 aliphatic carbocycles. The van der Waals surface area contributed by atoms with Gasteiger partial charge in [0.1, 0.15) is 12.4 Å². The lowest BCUT2D eigenvalue weighted by atomic mass is 10.3. The van der Waals surface area contributed by atoms with Crippen LogP contribution in [0.4, 0.5) is 4.39 Å². The molecule has 0 fully saturated rings. The molecular weight excluding hydrogens is 415 g/mol. The zero-order valence-electron chi connectivity index (χ0n) is 14.1. The Kier molecular flexibility index (Phi) is 5.64. The van der Waals surface area contributed by atoms with Gasteiger partial charge in [0.2, 0.25) is 4.80 Å². The SMILES string of the molecule is CCOC(=O)Cn1/c(=N/S(=O)(=O)c2ccc(Cl)cc2)sc2cc(F)ccc21. The van der Waals surface area contributed by atoms with Gasteiger partial charge in [-0.3, -0.25) is 4.79 Å². The molecule has 1 aromatic heterocycles. The second-order valence-electron chi connectivity index (χ2n) is 5.41. The lowest BCUT2D eigenvalue weighted by Crippen LogP contribution is -2.23. The first kappa shape index (κ1) is 19.5. The van der Waals surface area contributed by atoms with Crippen LogP contribution in [0.2, 0.25) is 5.02 Å². The van der Waals surface area contributed by atoms with E-state index >= 15 is 0 Å². The van der Waals surface area contributed by atoms with E-state index in [0.717, 1.165) is 11.3 Å². The van der Waals surface area contributed by atoms with Crippen molar-refractivity contribution in [2.24, 2.45) is 4.40 Å². The first-order chi connectivity index (χ1) is 12.8. The number of halogens is 2. The highest BCUT2D eigenvalue weighted by atomic mass is 35.5. The molecule has 0 spiro atoms. The van der Waals surface area contributed by atoms with Crippen molar-refractivity contribution in [2.75, 3.05) is 6.61 Å². The largest absolute Gasteiger partial charge is 0.465 e. The molecule has 0 atom stereocenters. The monoisotopic (exact) mass is 428 g/mol. The molecule has 0 radical (unpaired) electrons. The number of fused-ring (bicyclic) bond motifs is 1. The summed E-state index contributed by atoms with van der Waals surface area (Å²) in [7, 11) is -4.05. The van der Waals surface area contributed by atoms with Gasteiger partial charge in [-0.15, -0.1) is 4.40 Å². The minimum Gasteiger partial charge on any atom is -0.465 e. The van der Waals surface area contributed by atoms with Gasteiger partial charge in [0.25, 0.3) is 10.0 Å². The smallest absolute Gasteiger partial charge is 0.326 e. The van der Waals surface area contributed by atoms with Crippen molar-refractivity contribution in [3.8, 4) is 0 Å². The van der Waals surface area contributed by atoms with Crippen molar-refractivity contribution in [1.29, 1.82) is 0 Å². The maximum Gasteiger partial charge on any atom is 0.326 e. The van der Waals surface area contributed by atoms with Crippen molar-refractivity contribution in [3.63, 3.8) is 0 Å². The molecule has 27 heavy (non-hydrogen) atoms. The Morgan fingerprint density at radius 2 is 1.96 bits per heavy atom. The van der Waals surface area contributed by atoms with Gasteiger partial charge in [0.15, 0.2) is 0 Å². The van der Waals surface area contributed by atoms with Gasteiger partial charge in [-0.25, -0.2) is 4.39 Å². The predicted octanol–water partition coefficient (Wildman–Crippen LogP) is 3.35. The van der Waals surface area contributed by atoms with Gasteiger partial charge in [-0.2, -0.15) is 8.42 Å². The molecule has 0 N–H and O–H groups in total. The Morgan fingerprint density at radius 1 is 1.26 bits per heavy atom. The number of aromatic nitrogens is 1.